The van der Waals surface area contributed by atoms with Gasteiger partial charge in [-0.05, 0) is 122 Å². The Morgan fingerprint density at radius 3 is 2.16 bits per heavy atom. The first-order valence-corrected chi connectivity index (χ1v) is 12.9. The van der Waals surface area contributed by atoms with E-state index in [1.807, 2.05) is 6.92 Å². The molecule has 0 aromatic heterocycles. The van der Waals surface area contributed by atoms with Crippen LogP contribution in [0, 0.1) is 17.3 Å². The van der Waals surface area contributed by atoms with Crippen molar-refractivity contribution in [3.05, 3.63) is 46.1 Å². The summed E-state index contributed by atoms with van der Waals surface area (Å²) in [5, 5.41) is 9.45. The molecule has 0 aromatic carbocycles. The van der Waals surface area contributed by atoms with Crippen LogP contribution in [0.4, 0.5) is 0 Å². The second kappa shape index (κ2) is 14.7. The molecular formula is C30H50O2. The van der Waals surface area contributed by atoms with Crippen molar-refractivity contribution in [1.29, 1.82) is 0 Å². The van der Waals surface area contributed by atoms with E-state index in [1.54, 1.807) is 0 Å². The second-order valence-corrected chi connectivity index (χ2v) is 10.7. The maximum Gasteiger partial charge on any atom is 0.145 e. The van der Waals surface area contributed by atoms with Crippen LogP contribution >= 0.6 is 0 Å². The van der Waals surface area contributed by atoms with Crippen molar-refractivity contribution >= 4 is 6.29 Å². The summed E-state index contributed by atoms with van der Waals surface area (Å²) in [6.07, 6.45) is 19.0. The number of carbonyl (C=O) groups excluding carboxylic acids is 1. The summed E-state index contributed by atoms with van der Waals surface area (Å²) in [7, 11) is 0. The molecule has 1 aliphatic rings. The highest BCUT2D eigenvalue weighted by atomic mass is 16.2. The molecule has 0 spiro atoms. The number of aldehydes is 1. The Kier molecular flexibility index (Phi) is 13.1. The van der Waals surface area contributed by atoms with E-state index < -0.39 is 0 Å². The van der Waals surface area contributed by atoms with Gasteiger partial charge in [0.1, 0.15) is 6.29 Å². The number of hydrogen-bond acceptors (Lipinski definition) is 2. The van der Waals surface area contributed by atoms with Crippen molar-refractivity contribution in [3.8, 4) is 0 Å². The molecule has 1 fully saturated rings. The molecule has 32 heavy (non-hydrogen) atoms. The van der Waals surface area contributed by atoms with Gasteiger partial charge in [-0.3, -0.25) is 4.79 Å². The third-order valence-electron chi connectivity index (χ3n) is 7.82. The van der Waals surface area contributed by atoms with Gasteiger partial charge in [0.15, 0.2) is 0 Å². The molecule has 0 heterocycles. The fourth-order valence-corrected chi connectivity index (χ4v) is 5.35. The first-order valence-electron chi connectivity index (χ1n) is 12.9. The van der Waals surface area contributed by atoms with Gasteiger partial charge < -0.3 is 5.11 Å². The van der Waals surface area contributed by atoms with Crippen LogP contribution in [0.1, 0.15) is 113 Å². The third kappa shape index (κ3) is 9.22. The lowest BCUT2D eigenvalue weighted by atomic mass is 9.56. The summed E-state index contributed by atoms with van der Waals surface area (Å²) in [6.45, 7) is 15.9. The lowest BCUT2D eigenvalue weighted by molar-refractivity contribution is -0.105. The molecule has 0 aliphatic heterocycles. The Labute approximate surface area is 199 Å². The van der Waals surface area contributed by atoms with Gasteiger partial charge in [-0.25, -0.2) is 0 Å². The topological polar surface area (TPSA) is 37.3 Å². The van der Waals surface area contributed by atoms with E-state index in [0.717, 1.165) is 76.1 Å². The van der Waals surface area contributed by atoms with E-state index in [-0.39, 0.29) is 12.0 Å². The van der Waals surface area contributed by atoms with E-state index in [4.69, 9.17) is 0 Å². The zero-order chi connectivity index (χ0) is 24.1. The molecular weight excluding hydrogens is 392 g/mol. The van der Waals surface area contributed by atoms with E-state index >= 15 is 0 Å². The molecule has 0 unspecified atom stereocenters. The Hall–Kier alpha value is -1.41. The number of allylic oxidation sites excluding steroid dienone is 8. The Balaban J connectivity index is 2.73. The van der Waals surface area contributed by atoms with Gasteiger partial charge in [0, 0.05) is 6.61 Å². The van der Waals surface area contributed by atoms with Gasteiger partial charge in [-0.15, -0.1) is 0 Å². The predicted molar refractivity (Wildman–Crippen MR) is 140 cm³/mol. The average molecular weight is 443 g/mol. The molecule has 0 bridgehead atoms. The molecule has 1 rings (SSSR count). The van der Waals surface area contributed by atoms with Crippen molar-refractivity contribution < 1.29 is 9.90 Å². The lowest BCUT2D eigenvalue weighted by Crippen LogP contribution is -2.39. The Bertz CT molecular complexity index is 702. The molecule has 0 saturated heterocycles. The summed E-state index contributed by atoms with van der Waals surface area (Å²) in [5.41, 5.74) is 6.84. The molecule has 1 N–H and O–H groups in total. The first kappa shape index (κ1) is 28.6. The SMILES string of the molecule is CC(C)=CCC/C(C)=C/CC/C(C)=C/CC[C@]1(C)[C@H](C)CC/C(=C(\C)C=O)[C@H]1CCCO. The van der Waals surface area contributed by atoms with Crippen molar-refractivity contribution in [2.75, 3.05) is 6.61 Å². The predicted octanol–water partition coefficient (Wildman–Crippen LogP) is 8.53. The highest BCUT2D eigenvalue weighted by Crippen LogP contribution is 2.53. The van der Waals surface area contributed by atoms with Gasteiger partial charge in [-0.1, -0.05) is 54.4 Å². The van der Waals surface area contributed by atoms with Crippen LogP contribution < -0.4 is 0 Å². The largest absolute Gasteiger partial charge is 0.396 e. The standard InChI is InChI=1S/C30H50O2/c1-23(2)12-8-13-24(3)14-9-15-25(4)16-10-20-30(7)27(6)18-19-28(26(5)22-32)29(30)17-11-21-31/h12,14,16,22,27,29,31H,8-11,13,15,17-21H2,1-7H3/b24-14+,25-16+,28-26-/t27-,29-,30-/m1/s1. The highest BCUT2D eigenvalue weighted by Gasteiger charge is 2.43. The molecule has 1 saturated carbocycles. The van der Waals surface area contributed by atoms with E-state index in [2.05, 4.69) is 59.8 Å². The van der Waals surface area contributed by atoms with Crippen LogP contribution in [0.25, 0.3) is 0 Å². The number of aliphatic hydroxyl groups excluding tert-OH is 1. The summed E-state index contributed by atoms with van der Waals surface area (Å²) < 4.78 is 0. The summed E-state index contributed by atoms with van der Waals surface area (Å²) in [5.74, 6) is 1.04. The monoisotopic (exact) mass is 442 g/mol. The maximum atomic E-state index is 11.5. The summed E-state index contributed by atoms with van der Waals surface area (Å²) in [6, 6.07) is 0. The van der Waals surface area contributed by atoms with Crippen molar-refractivity contribution in [1.82, 2.24) is 0 Å². The van der Waals surface area contributed by atoms with Crippen LogP contribution in [0.15, 0.2) is 46.1 Å². The second-order valence-electron chi connectivity index (χ2n) is 10.7. The molecule has 2 nitrogen and oxygen atoms in total. The van der Waals surface area contributed by atoms with Gasteiger partial charge in [0.2, 0.25) is 0 Å². The van der Waals surface area contributed by atoms with E-state index in [0.29, 0.717) is 11.8 Å². The van der Waals surface area contributed by atoms with Gasteiger partial charge in [0.25, 0.3) is 0 Å². The minimum atomic E-state index is 0.186. The smallest absolute Gasteiger partial charge is 0.145 e. The fourth-order valence-electron chi connectivity index (χ4n) is 5.35. The van der Waals surface area contributed by atoms with Crippen LogP contribution in [0.2, 0.25) is 0 Å². The van der Waals surface area contributed by atoms with Crippen LogP contribution in [-0.2, 0) is 4.79 Å². The number of hydrogen-bond donors (Lipinski definition) is 1. The number of aliphatic hydroxyl groups is 1. The van der Waals surface area contributed by atoms with Crippen molar-refractivity contribution in [3.63, 3.8) is 0 Å². The average Bonchev–Trinajstić information content (AvgIpc) is 2.74. The van der Waals surface area contributed by atoms with Crippen molar-refractivity contribution in [2.45, 2.75) is 113 Å². The van der Waals surface area contributed by atoms with Gasteiger partial charge in [0.05, 0.1) is 0 Å². The summed E-state index contributed by atoms with van der Waals surface area (Å²) in [4.78, 5) is 11.5. The first-order chi connectivity index (χ1) is 15.2. The minimum Gasteiger partial charge on any atom is -0.396 e. The number of rotatable bonds is 13. The van der Waals surface area contributed by atoms with E-state index in [1.165, 1.54) is 22.3 Å². The third-order valence-corrected chi connectivity index (χ3v) is 7.82. The minimum absolute atomic E-state index is 0.186. The van der Waals surface area contributed by atoms with Crippen molar-refractivity contribution in [2.24, 2.45) is 17.3 Å². The highest BCUT2D eigenvalue weighted by molar-refractivity contribution is 5.73. The zero-order valence-corrected chi connectivity index (χ0v) is 22.1. The Morgan fingerprint density at radius 1 is 1.00 bits per heavy atom. The molecule has 3 atom stereocenters. The molecule has 0 radical (unpaired) electrons. The zero-order valence-electron chi connectivity index (χ0n) is 22.1. The molecule has 2 heteroatoms. The lowest BCUT2D eigenvalue weighted by Gasteiger charge is -2.48. The normalized spacial score (nSPS) is 26.1. The van der Waals surface area contributed by atoms with E-state index in [9.17, 15) is 9.90 Å². The van der Waals surface area contributed by atoms with Crippen LogP contribution in [0.3, 0.4) is 0 Å². The molecule has 0 aromatic rings. The fraction of sp³-hybridized carbons (Fsp3) is 0.700. The molecule has 1 aliphatic carbocycles. The Morgan fingerprint density at radius 2 is 1.59 bits per heavy atom. The van der Waals surface area contributed by atoms with Gasteiger partial charge >= 0.3 is 0 Å². The maximum absolute atomic E-state index is 11.5. The molecule has 0 amide bonds. The molecule has 182 valence electrons. The number of carbonyl (C=O) groups is 1. The van der Waals surface area contributed by atoms with Crippen LogP contribution in [0.5, 0.6) is 0 Å². The van der Waals surface area contributed by atoms with Gasteiger partial charge in [-0.2, -0.15) is 0 Å². The summed E-state index contributed by atoms with van der Waals surface area (Å²) >= 11 is 0. The van der Waals surface area contributed by atoms with Crippen LogP contribution in [-0.4, -0.2) is 18.0 Å². The quantitative estimate of drug-likeness (QED) is 0.176.